The Bertz CT molecular complexity index is 651. The highest BCUT2D eigenvalue weighted by Gasteiger charge is 2.59. The van der Waals surface area contributed by atoms with Gasteiger partial charge in [-0.25, -0.2) is 13.8 Å². The predicted molar refractivity (Wildman–Crippen MR) is 72.9 cm³/mol. The number of carbonyl (C=O) groups excluding carboxylic acids is 2. The average Bonchev–Trinajstić information content (AvgIpc) is 2.78. The van der Waals surface area contributed by atoms with Crippen molar-refractivity contribution in [2.24, 2.45) is 0 Å². The maximum Gasteiger partial charge on any atom is 0.523 e. The minimum absolute atomic E-state index is 0.382. The lowest BCUT2D eigenvalue weighted by Gasteiger charge is -2.35. The van der Waals surface area contributed by atoms with Crippen LogP contribution in [-0.4, -0.2) is 55.9 Å². The number of nitrogens with zero attached hydrogens (tertiary/aromatic N) is 1. The van der Waals surface area contributed by atoms with Crippen molar-refractivity contribution in [1.82, 2.24) is 4.90 Å². The van der Waals surface area contributed by atoms with Gasteiger partial charge in [0.2, 0.25) is 0 Å². The van der Waals surface area contributed by atoms with Gasteiger partial charge < -0.3 is 9.47 Å². The zero-order chi connectivity index (χ0) is 19.0. The van der Waals surface area contributed by atoms with Gasteiger partial charge in [-0.15, -0.1) is 0 Å². The summed E-state index contributed by atoms with van der Waals surface area (Å²) in [5, 5.41) is 0. The quantitative estimate of drug-likeness (QED) is 0.319. The van der Waals surface area contributed by atoms with Gasteiger partial charge in [0.1, 0.15) is 5.60 Å². The third kappa shape index (κ3) is 3.98. The summed E-state index contributed by atoms with van der Waals surface area (Å²) in [5.74, 6) is -1.53. The molecular formula is C12H16F3NO7S. The molecule has 1 aliphatic heterocycles. The fourth-order valence-electron chi connectivity index (χ4n) is 1.72. The number of alkyl halides is 3. The molecule has 1 rings (SSSR count). The molecule has 12 heteroatoms. The molecule has 8 nitrogen and oxygen atoms in total. The van der Waals surface area contributed by atoms with E-state index in [-0.39, 0.29) is 0 Å². The lowest BCUT2D eigenvalue weighted by molar-refractivity contribution is -0.168. The molecule has 0 radical (unpaired) electrons. The fraction of sp³-hybridized carbons (Fsp3) is 0.667. The number of rotatable bonds is 3. The van der Waals surface area contributed by atoms with Crippen LogP contribution in [0.5, 0.6) is 0 Å². The molecule has 0 aromatic rings. The van der Waals surface area contributed by atoms with Crippen molar-refractivity contribution >= 4 is 22.2 Å². The molecule has 0 saturated heterocycles. The number of methoxy groups -OCH3 is 1. The summed E-state index contributed by atoms with van der Waals surface area (Å²) in [4.78, 5) is 24.5. The first-order chi connectivity index (χ1) is 10.7. The van der Waals surface area contributed by atoms with Crippen LogP contribution in [0.1, 0.15) is 20.8 Å². The fourth-order valence-corrected chi connectivity index (χ4v) is 2.36. The highest BCUT2D eigenvalue weighted by Crippen LogP contribution is 2.35. The van der Waals surface area contributed by atoms with Gasteiger partial charge in [0.15, 0.2) is 0 Å². The van der Waals surface area contributed by atoms with Gasteiger partial charge in [0.25, 0.3) is 5.72 Å². The lowest BCUT2D eigenvalue weighted by Crippen LogP contribution is -2.58. The van der Waals surface area contributed by atoms with Crippen LogP contribution < -0.4 is 0 Å². The molecule has 0 N–H and O–H groups in total. The summed E-state index contributed by atoms with van der Waals surface area (Å²) in [7, 11) is -5.41. The standard InChI is InChI=1S/C12H16F3NO7S/c1-10(2,3)22-9(18)16-7-5-6-11(16,8(17)21-4)23-24(19,20)12(13,14)15/h5-6H,7H2,1-4H3. The number of esters is 1. The highest BCUT2D eigenvalue weighted by atomic mass is 32.2. The summed E-state index contributed by atoms with van der Waals surface area (Å²) in [6.45, 7) is 4.00. The molecule has 138 valence electrons. The molecular weight excluding hydrogens is 359 g/mol. The lowest BCUT2D eigenvalue weighted by atomic mass is 10.2. The Balaban J connectivity index is 3.32. The van der Waals surface area contributed by atoms with Crippen LogP contribution in [-0.2, 0) is 28.6 Å². The third-order valence-electron chi connectivity index (χ3n) is 2.64. The van der Waals surface area contributed by atoms with Gasteiger partial charge >= 0.3 is 27.7 Å². The Labute approximate surface area is 136 Å². The normalized spacial score (nSPS) is 21.7. The summed E-state index contributed by atoms with van der Waals surface area (Å²) in [5.41, 5.74) is -9.79. The van der Waals surface area contributed by atoms with Gasteiger partial charge in [-0.1, -0.05) is 6.08 Å². The number of halogens is 3. The Morgan fingerprint density at radius 3 is 2.17 bits per heavy atom. The van der Waals surface area contributed by atoms with E-state index >= 15 is 0 Å². The van der Waals surface area contributed by atoms with E-state index in [0.717, 1.165) is 13.2 Å². The highest BCUT2D eigenvalue weighted by molar-refractivity contribution is 7.87. The first-order valence-electron chi connectivity index (χ1n) is 6.45. The molecule has 1 unspecified atom stereocenters. The molecule has 0 spiro atoms. The zero-order valence-corrected chi connectivity index (χ0v) is 14.0. The van der Waals surface area contributed by atoms with Gasteiger partial charge in [0.05, 0.1) is 7.11 Å². The van der Waals surface area contributed by atoms with E-state index in [1.165, 1.54) is 20.8 Å². The Hall–Kier alpha value is -1.82. The number of hydrogen-bond donors (Lipinski definition) is 0. The Kier molecular flexibility index (Phi) is 5.26. The molecule has 0 bridgehead atoms. The SMILES string of the molecule is COC(=O)C1(OS(=O)(=O)C(F)(F)F)C=CCN1C(=O)OC(C)(C)C. The van der Waals surface area contributed by atoms with Crippen LogP contribution in [0.15, 0.2) is 12.2 Å². The van der Waals surface area contributed by atoms with Gasteiger partial charge in [-0.05, 0) is 26.8 Å². The summed E-state index contributed by atoms with van der Waals surface area (Å²) in [6.07, 6.45) is 0.508. The second-order valence-electron chi connectivity index (χ2n) is 5.66. The van der Waals surface area contributed by atoms with Crippen molar-refractivity contribution in [2.45, 2.75) is 37.6 Å². The predicted octanol–water partition coefficient (Wildman–Crippen LogP) is 1.53. The van der Waals surface area contributed by atoms with Crippen LogP contribution >= 0.6 is 0 Å². The minimum Gasteiger partial charge on any atom is -0.465 e. The first-order valence-corrected chi connectivity index (χ1v) is 7.86. The van der Waals surface area contributed by atoms with Crippen LogP contribution in [0.2, 0.25) is 0 Å². The van der Waals surface area contributed by atoms with E-state index in [4.69, 9.17) is 4.74 Å². The van der Waals surface area contributed by atoms with Crippen LogP contribution in [0.3, 0.4) is 0 Å². The van der Waals surface area contributed by atoms with Gasteiger partial charge in [-0.3, -0.25) is 4.90 Å². The summed E-state index contributed by atoms with van der Waals surface area (Å²) < 4.78 is 73.8. The van der Waals surface area contributed by atoms with Gasteiger partial charge in [0, 0.05) is 6.54 Å². The molecule has 1 heterocycles. The minimum atomic E-state index is -6.21. The number of carbonyl (C=O) groups is 2. The molecule has 1 atom stereocenters. The zero-order valence-electron chi connectivity index (χ0n) is 13.2. The largest absolute Gasteiger partial charge is 0.523 e. The number of hydrogen-bond acceptors (Lipinski definition) is 7. The number of amides is 1. The van der Waals surface area contributed by atoms with E-state index in [1.54, 1.807) is 0 Å². The van der Waals surface area contributed by atoms with Crippen LogP contribution in [0, 0.1) is 0 Å². The Morgan fingerprint density at radius 2 is 1.75 bits per heavy atom. The average molecular weight is 375 g/mol. The van der Waals surface area contributed by atoms with Crippen molar-refractivity contribution in [3.63, 3.8) is 0 Å². The second-order valence-corrected chi connectivity index (χ2v) is 7.20. The molecule has 0 aromatic carbocycles. The van der Waals surface area contributed by atoms with Crippen molar-refractivity contribution in [2.75, 3.05) is 13.7 Å². The second kappa shape index (κ2) is 6.24. The van der Waals surface area contributed by atoms with Crippen LogP contribution in [0.25, 0.3) is 0 Å². The smallest absolute Gasteiger partial charge is 0.465 e. The first kappa shape index (κ1) is 20.2. The molecule has 0 aliphatic carbocycles. The van der Waals surface area contributed by atoms with Crippen molar-refractivity contribution in [3.05, 3.63) is 12.2 Å². The maximum atomic E-state index is 12.6. The van der Waals surface area contributed by atoms with E-state index < -0.39 is 45.6 Å². The Morgan fingerprint density at radius 1 is 1.21 bits per heavy atom. The van der Waals surface area contributed by atoms with Crippen LogP contribution in [0.4, 0.5) is 18.0 Å². The number of ether oxygens (including phenoxy) is 2. The van der Waals surface area contributed by atoms with E-state index in [0.29, 0.717) is 11.0 Å². The third-order valence-corrected chi connectivity index (χ3v) is 3.69. The summed E-state index contributed by atoms with van der Waals surface area (Å²) in [6, 6.07) is 0. The van der Waals surface area contributed by atoms with E-state index in [2.05, 4.69) is 8.92 Å². The molecule has 24 heavy (non-hydrogen) atoms. The van der Waals surface area contributed by atoms with Crippen molar-refractivity contribution in [3.8, 4) is 0 Å². The molecule has 0 fully saturated rings. The molecule has 1 amide bonds. The maximum absolute atomic E-state index is 12.6. The van der Waals surface area contributed by atoms with Crippen molar-refractivity contribution in [1.29, 1.82) is 0 Å². The van der Waals surface area contributed by atoms with Gasteiger partial charge in [-0.2, -0.15) is 21.6 Å². The summed E-state index contributed by atoms with van der Waals surface area (Å²) >= 11 is 0. The molecule has 0 aromatic heterocycles. The van der Waals surface area contributed by atoms with E-state index in [1.807, 2.05) is 0 Å². The molecule has 1 aliphatic rings. The monoisotopic (exact) mass is 375 g/mol. The van der Waals surface area contributed by atoms with Crippen molar-refractivity contribution < 1.29 is 44.8 Å². The topological polar surface area (TPSA) is 99.2 Å². The van der Waals surface area contributed by atoms with E-state index in [9.17, 15) is 31.2 Å². The molecule has 0 saturated carbocycles.